The van der Waals surface area contributed by atoms with E-state index in [1.807, 2.05) is 0 Å². The van der Waals surface area contributed by atoms with Crippen molar-refractivity contribution in [3.63, 3.8) is 0 Å². The fourth-order valence-electron chi connectivity index (χ4n) is 0.868. The number of nitrogens with zero attached hydrogens (tertiary/aromatic N) is 2. The predicted octanol–water partition coefficient (Wildman–Crippen LogP) is 1.41. The molecule has 0 aromatic carbocycles. The Labute approximate surface area is 87.2 Å². The Bertz CT molecular complexity index is 382. The molecule has 0 aliphatic heterocycles. The van der Waals surface area contributed by atoms with Crippen molar-refractivity contribution < 1.29 is 9.90 Å². The molecule has 0 unspecified atom stereocenters. The van der Waals surface area contributed by atoms with Crippen molar-refractivity contribution in [1.29, 1.82) is 0 Å². The molecule has 1 aromatic rings. The quantitative estimate of drug-likeness (QED) is 0.729. The number of carboxylic acids is 1. The summed E-state index contributed by atoms with van der Waals surface area (Å²) in [6.07, 6.45) is 6.30. The Kier molecular flexibility index (Phi) is 4.03. The minimum absolute atomic E-state index is 0.166. The van der Waals surface area contributed by atoms with E-state index in [2.05, 4.69) is 15.3 Å². The second-order valence-corrected chi connectivity index (χ2v) is 2.65. The maximum Gasteiger partial charge on any atom is 0.337 e. The summed E-state index contributed by atoms with van der Waals surface area (Å²) in [5, 5.41) is 11.5. The van der Waals surface area contributed by atoms with Crippen LogP contribution >= 0.6 is 0 Å². The lowest BCUT2D eigenvalue weighted by Crippen LogP contribution is -1.98. The van der Waals surface area contributed by atoms with Crippen molar-refractivity contribution in [2.24, 2.45) is 4.99 Å². The number of hydrogen-bond donors (Lipinski definition) is 2. The second-order valence-electron chi connectivity index (χ2n) is 2.65. The molecule has 1 aromatic heterocycles. The molecule has 0 spiro atoms. The van der Waals surface area contributed by atoms with Gasteiger partial charge in [-0.05, 0) is 18.2 Å². The molecule has 0 radical (unpaired) electrons. The highest BCUT2D eigenvalue weighted by molar-refractivity contribution is 5.87. The standard InChI is InChI=1S/C10H11N3O2/c1-11-5-2-6-12-9-4-3-8(7-13-9)10(14)15/h2-7H,1H3,(H,12,13)(H,14,15)/b6-2-,11-5-. The van der Waals surface area contributed by atoms with Crippen LogP contribution in [0, 0.1) is 0 Å². The van der Waals surface area contributed by atoms with Gasteiger partial charge >= 0.3 is 5.97 Å². The summed E-state index contributed by atoms with van der Waals surface area (Å²) in [7, 11) is 1.67. The van der Waals surface area contributed by atoms with Gasteiger partial charge in [0.2, 0.25) is 0 Å². The van der Waals surface area contributed by atoms with Crippen molar-refractivity contribution in [3.05, 3.63) is 36.2 Å². The number of aromatic nitrogens is 1. The molecule has 0 saturated carbocycles. The number of aliphatic imine (C=N–C) groups is 1. The maximum atomic E-state index is 10.5. The van der Waals surface area contributed by atoms with Crippen LogP contribution in [0.4, 0.5) is 5.82 Å². The number of nitrogens with one attached hydrogen (secondary N) is 1. The third-order valence-corrected chi connectivity index (χ3v) is 1.57. The maximum absolute atomic E-state index is 10.5. The summed E-state index contributed by atoms with van der Waals surface area (Å²) in [5.41, 5.74) is 0.166. The van der Waals surface area contributed by atoms with E-state index in [0.29, 0.717) is 5.82 Å². The van der Waals surface area contributed by atoms with E-state index in [9.17, 15) is 4.79 Å². The molecule has 5 nitrogen and oxygen atoms in total. The molecule has 0 aliphatic carbocycles. The smallest absolute Gasteiger partial charge is 0.337 e. The molecule has 15 heavy (non-hydrogen) atoms. The normalized spacial score (nSPS) is 11.0. The summed E-state index contributed by atoms with van der Waals surface area (Å²) in [5.74, 6) is -0.400. The van der Waals surface area contributed by atoms with E-state index < -0.39 is 5.97 Å². The molecule has 1 heterocycles. The largest absolute Gasteiger partial charge is 0.478 e. The van der Waals surface area contributed by atoms with E-state index in [1.54, 1.807) is 31.6 Å². The zero-order valence-electron chi connectivity index (χ0n) is 8.21. The predicted molar refractivity (Wildman–Crippen MR) is 58.4 cm³/mol. The first-order chi connectivity index (χ1) is 7.24. The molecule has 0 amide bonds. The van der Waals surface area contributed by atoms with Crippen LogP contribution in [0.5, 0.6) is 0 Å². The molecule has 0 saturated heterocycles. The lowest BCUT2D eigenvalue weighted by atomic mass is 10.3. The minimum atomic E-state index is -0.984. The summed E-state index contributed by atoms with van der Waals surface area (Å²) >= 11 is 0. The third kappa shape index (κ3) is 3.60. The fraction of sp³-hybridized carbons (Fsp3) is 0.100. The van der Waals surface area contributed by atoms with Gasteiger partial charge in [0.1, 0.15) is 5.82 Å². The Morgan fingerprint density at radius 3 is 2.93 bits per heavy atom. The highest BCUT2D eigenvalue weighted by Gasteiger charge is 2.01. The van der Waals surface area contributed by atoms with E-state index in [4.69, 9.17) is 5.11 Å². The van der Waals surface area contributed by atoms with Crippen LogP contribution in [-0.2, 0) is 0 Å². The van der Waals surface area contributed by atoms with Crippen LogP contribution in [0.3, 0.4) is 0 Å². The van der Waals surface area contributed by atoms with Crippen LogP contribution < -0.4 is 5.32 Å². The molecular formula is C10H11N3O2. The number of carboxylic acid groups (broad SMARTS) is 1. The molecular weight excluding hydrogens is 194 g/mol. The number of allylic oxidation sites excluding steroid dienone is 1. The molecule has 0 bridgehead atoms. The van der Waals surface area contributed by atoms with Crippen molar-refractivity contribution in [1.82, 2.24) is 4.98 Å². The third-order valence-electron chi connectivity index (χ3n) is 1.57. The van der Waals surface area contributed by atoms with Crippen LogP contribution in [0.15, 0.2) is 35.6 Å². The molecule has 78 valence electrons. The first-order valence-corrected chi connectivity index (χ1v) is 4.27. The zero-order valence-corrected chi connectivity index (χ0v) is 8.21. The first-order valence-electron chi connectivity index (χ1n) is 4.27. The summed E-state index contributed by atoms with van der Waals surface area (Å²) in [6, 6.07) is 3.08. The van der Waals surface area contributed by atoms with Crippen molar-refractivity contribution in [2.45, 2.75) is 0 Å². The van der Waals surface area contributed by atoms with Gasteiger partial charge in [-0.1, -0.05) is 0 Å². The summed E-state index contributed by atoms with van der Waals surface area (Å²) in [6.45, 7) is 0. The van der Waals surface area contributed by atoms with Gasteiger partial charge in [-0.2, -0.15) is 0 Å². The van der Waals surface area contributed by atoms with Crippen LogP contribution in [-0.4, -0.2) is 29.3 Å². The molecule has 2 N–H and O–H groups in total. The minimum Gasteiger partial charge on any atom is -0.478 e. The van der Waals surface area contributed by atoms with E-state index in [-0.39, 0.29) is 5.56 Å². The van der Waals surface area contributed by atoms with E-state index in [0.717, 1.165) is 0 Å². The van der Waals surface area contributed by atoms with E-state index >= 15 is 0 Å². The fourth-order valence-corrected chi connectivity index (χ4v) is 0.868. The van der Waals surface area contributed by atoms with Crippen LogP contribution in [0.2, 0.25) is 0 Å². The first kappa shape index (κ1) is 10.9. The number of rotatable bonds is 4. The molecule has 0 fully saturated rings. The summed E-state index contributed by atoms with van der Waals surface area (Å²) in [4.78, 5) is 18.2. The van der Waals surface area contributed by atoms with Gasteiger partial charge in [0.05, 0.1) is 5.56 Å². The topological polar surface area (TPSA) is 74.6 Å². The molecule has 5 heteroatoms. The van der Waals surface area contributed by atoms with Crippen LogP contribution in [0.1, 0.15) is 10.4 Å². The van der Waals surface area contributed by atoms with Gasteiger partial charge in [0, 0.05) is 25.7 Å². The van der Waals surface area contributed by atoms with Gasteiger partial charge in [0.15, 0.2) is 0 Å². The molecule has 1 rings (SSSR count). The average Bonchev–Trinajstić information content (AvgIpc) is 2.25. The summed E-state index contributed by atoms with van der Waals surface area (Å²) < 4.78 is 0. The van der Waals surface area contributed by atoms with E-state index in [1.165, 1.54) is 12.3 Å². The molecule has 0 aliphatic rings. The second kappa shape index (κ2) is 5.54. The SMILES string of the molecule is C/N=C\C=C/Nc1ccc(C(=O)O)cn1. The number of hydrogen-bond acceptors (Lipinski definition) is 4. The van der Waals surface area contributed by atoms with Gasteiger partial charge in [-0.15, -0.1) is 0 Å². The Morgan fingerprint density at radius 1 is 1.60 bits per heavy atom. The lowest BCUT2D eigenvalue weighted by Gasteiger charge is -1.98. The number of aromatic carboxylic acids is 1. The lowest BCUT2D eigenvalue weighted by molar-refractivity contribution is 0.0696. The average molecular weight is 205 g/mol. The van der Waals surface area contributed by atoms with Gasteiger partial charge in [-0.3, -0.25) is 4.99 Å². The Balaban J connectivity index is 2.61. The highest BCUT2D eigenvalue weighted by Crippen LogP contribution is 2.04. The van der Waals surface area contributed by atoms with Crippen molar-refractivity contribution >= 4 is 18.0 Å². The number of carbonyl (C=O) groups is 1. The van der Waals surface area contributed by atoms with Gasteiger partial charge in [0.25, 0.3) is 0 Å². The Hall–Kier alpha value is -2.17. The molecule has 0 atom stereocenters. The van der Waals surface area contributed by atoms with Gasteiger partial charge in [-0.25, -0.2) is 9.78 Å². The van der Waals surface area contributed by atoms with Crippen molar-refractivity contribution in [3.8, 4) is 0 Å². The monoisotopic (exact) mass is 205 g/mol. The Morgan fingerprint density at radius 2 is 2.40 bits per heavy atom. The number of pyridine rings is 1. The zero-order chi connectivity index (χ0) is 11.1. The van der Waals surface area contributed by atoms with Crippen molar-refractivity contribution in [2.75, 3.05) is 12.4 Å². The number of anilines is 1. The van der Waals surface area contributed by atoms with Crippen LogP contribution in [0.25, 0.3) is 0 Å². The highest BCUT2D eigenvalue weighted by atomic mass is 16.4. The van der Waals surface area contributed by atoms with Gasteiger partial charge < -0.3 is 10.4 Å².